The number of nitrogens with one attached hydrogen (secondary N) is 1. The number of carbonyl (C=O) groups excluding carboxylic acids is 3. The minimum absolute atomic E-state index is 0.0703. The lowest BCUT2D eigenvalue weighted by molar-refractivity contribution is -0.123. The van der Waals surface area contributed by atoms with E-state index in [0.29, 0.717) is 27.3 Å². The zero-order valence-electron chi connectivity index (χ0n) is 17.5. The molecule has 0 saturated carbocycles. The van der Waals surface area contributed by atoms with Crippen LogP contribution >= 0.6 is 11.8 Å². The minimum atomic E-state index is -1.04. The highest BCUT2D eigenvalue weighted by Crippen LogP contribution is 2.33. The van der Waals surface area contributed by atoms with Gasteiger partial charge in [0.25, 0.3) is 5.91 Å². The SMILES string of the molecule is CC(=O)c1ccc(NC(=O)C(C)OC(=O)c2ccccc2Sc2ccccc2C#N)cc1. The highest BCUT2D eigenvalue weighted by Gasteiger charge is 2.21. The van der Waals surface area contributed by atoms with Crippen molar-refractivity contribution in [3.8, 4) is 6.07 Å². The van der Waals surface area contributed by atoms with Gasteiger partial charge in [-0.3, -0.25) is 9.59 Å². The maximum Gasteiger partial charge on any atom is 0.340 e. The maximum absolute atomic E-state index is 12.8. The van der Waals surface area contributed by atoms with E-state index in [4.69, 9.17) is 4.74 Å². The third kappa shape index (κ3) is 5.62. The molecule has 6 nitrogen and oxygen atoms in total. The molecule has 0 aliphatic carbocycles. The Morgan fingerprint density at radius 3 is 2.22 bits per heavy atom. The van der Waals surface area contributed by atoms with Gasteiger partial charge in [-0.05, 0) is 62.4 Å². The molecule has 0 spiro atoms. The number of rotatable bonds is 7. The van der Waals surface area contributed by atoms with Crippen LogP contribution in [-0.4, -0.2) is 23.8 Å². The van der Waals surface area contributed by atoms with Crippen LogP contribution in [0.4, 0.5) is 5.69 Å². The van der Waals surface area contributed by atoms with Crippen LogP contribution in [-0.2, 0) is 9.53 Å². The van der Waals surface area contributed by atoms with Crippen molar-refractivity contribution in [2.75, 3.05) is 5.32 Å². The highest BCUT2D eigenvalue weighted by molar-refractivity contribution is 7.99. The lowest BCUT2D eigenvalue weighted by Crippen LogP contribution is -2.30. The summed E-state index contributed by atoms with van der Waals surface area (Å²) >= 11 is 1.28. The van der Waals surface area contributed by atoms with Crippen LogP contribution in [0.15, 0.2) is 82.6 Å². The number of hydrogen-bond donors (Lipinski definition) is 1. The van der Waals surface area contributed by atoms with Crippen molar-refractivity contribution < 1.29 is 19.1 Å². The zero-order chi connectivity index (χ0) is 23.1. The molecule has 0 aliphatic rings. The average molecular weight is 445 g/mol. The van der Waals surface area contributed by atoms with E-state index in [9.17, 15) is 19.6 Å². The molecule has 0 aliphatic heterocycles. The first-order chi connectivity index (χ1) is 15.4. The number of amides is 1. The molecule has 32 heavy (non-hydrogen) atoms. The Kier molecular flexibility index (Phi) is 7.42. The van der Waals surface area contributed by atoms with E-state index in [0.717, 1.165) is 4.90 Å². The molecule has 0 saturated heterocycles. The Bertz CT molecular complexity index is 1200. The minimum Gasteiger partial charge on any atom is -0.449 e. The summed E-state index contributed by atoms with van der Waals surface area (Å²) in [4.78, 5) is 37.9. The van der Waals surface area contributed by atoms with Gasteiger partial charge in [-0.1, -0.05) is 36.0 Å². The predicted octanol–water partition coefficient (Wildman–Crippen LogP) is 5.10. The van der Waals surface area contributed by atoms with E-state index >= 15 is 0 Å². The first-order valence-corrected chi connectivity index (χ1v) is 10.6. The van der Waals surface area contributed by atoms with E-state index in [1.165, 1.54) is 25.6 Å². The Hall–Kier alpha value is -3.89. The number of ether oxygens (including phenoxy) is 1. The van der Waals surface area contributed by atoms with Crippen molar-refractivity contribution >= 4 is 35.1 Å². The topological polar surface area (TPSA) is 96.3 Å². The van der Waals surface area contributed by atoms with Gasteiger partial charge in [0.15, 0.2) is 11.9 Å². The molecule has 1 amide bonds. The van der Waals surface area contributed by atoms with E-state index in [-0.39, 0.29) is 5.78 Å². The zero-order valence-corrected chi connectivity index (χ0v) is 18.3. The van der Waals surface area contributed by atoms with Crippen molar-refractivity contribution in [3.05, 3.63) is 89.5 Å². The molecule has 0 fully saturated rings. The molecular formula is C25H20N2O4S. The van der Waals surface area contributed by atoms with Gasteiger partial charge in [-0.15, -0.1) is 0 Å². The number of hydrogen-bond acceptors (Lipinski definition) is 6. The van der Waals surface area contributed by atoms with Gasteiger partial charge in [0.1, 0.15) is 6.07 Å². The third-order valence-corrected chi connectivity index (χ3v) is 5.70. The van der Waals surface area contributed by atoms with Crippen LogP contribution in [0.2, 0.25) is 0 Å². The van der Waals surface area contributed by atoms with E-state index in [2.05, 4.69) is 11.4 Å². The number of nitriles is 1. The van der Waals surface area contributed by atoms with Gasteiger partial charge >= 0.3 is 5.97 Å². The predicted molar refractivity (Wildman–Crippen MR) is 122 cm³/mol. The number of carbonyl (C=O) groups is 3. The molecule has 1 unspecified atom stereocenters. The summed E-state index contributed by atoms with van der Waals surface area (Å²) in [7, 11) is 0. The number of esters is 1. The summed E-state index contributed by atoms with van der Waals surface area (Å²) in [5.41, 5.74) is 1.83. The fourth-order valence-electron chi connectivity index (χ4n) is 2.80. The summed E-state index contributed by atoms with van der Waals surface area (Å²) in [6.45, 7) is 2.95. The number of benzene rings is 3. The molecule has 0 bridgehead atoms. The normalized spacial score (nSPS) is 11.2. The van der Waals surface area contributed by atoms with E-state index < -0.39 is 18.0 Å². The summed E-state index contributed by atoms with van der Waals surface area (Å²) in [6.07, 6.45) is -1.04. The average Bonchev–Trinajstić information content (AvgIpc) is 2.80. The van der Waals surface area contributed by atoms with Gasteiger partial charge in [0, 0.05) is 21.0 Å². The quantitative estimate of drug-likeness (QED) is 0.402. The molecule has 160 valence electrons. The molecular weight excluding hydrogens is 424 g/mol. The van der Waals surface area contributed by atoms with Crippen LogP contribution < -0.4 is 5.32 Å². The smallest absolute Gasteiger partial charge is 0.340 e. The van der Waals surface area contributed by atoms with Crippen molar-refractivity contribution in [2.24, 2.45) is 0 Å². The Morgan fingerprint density at radius 2 is 1.56 bits per heavy atom. The molecule has 1 N–H and O–H groups in total. The monoisotopic (exact) mass is 444 g/mol. The number of Topliss-reactive ketones (excluding diaryl/α,β-unsaturated/α-hetero) is 1. The third-order valence-electron chi connectivity index (χ3n) is 4.55. The standard InChI is InChI=1S/C25H20N2O4S/c1-16(28)18-11-13-20(14-12-18)27-24(29)17(2)31-25(30)21-8-4-6-10-23(21)32-22-9-5-3-7-19(22)15-26/h3-14,17H,1-2H3,(H,27,29). The van der Waals surface area contributed by atoms with Gasteiger partial charge in [0.2, 0.25) is 0 Å². The Morgan fingerprint density at radius 1 is 0.938 bits per heavy atom. The van der Waals surface area contributed by atoms with Gasteiger partial charge in [0.05, 0.1) is 11.1 Å². The van der Waals surface area contributed by atoms with Crippen LogP contribution in [0.25, 0.3) is 0 Å². The lowest BCUT2D eigenvalue weighted by atomic mass is 10.1. The number of nitrogens with zero attached hydrogens (tertiary/aromatic N) is 1. The van der Waals surface area contributed by atoms with Gasteiger partial charge in [-0.2, -0.15) is 5.26 Å². The second-order valence-electron chi connectivity index (χ2n) is 6.88. The van der Waals surface area contributed by atoms with Crippen molar-refractivity contribution in [1.29, 1.82) is 5.26 Å². The summed E-state index contributed by atoms with van der Waals surface area (Å²) < 4.78 is 5.38. The second-order valence-corrected chi connectivity index (χ2v) is 7.96. The summed E-state index contributed by atoms with van der Waals surface area (Å²) in [5, 5.41) is 12.0. The fraction of sp³-hybridized carbons (Fsp3) is 0.120. The second kappa shape index (κ2) is 10.4. The lowest BCUT2D eigenvalue weighted by Gasteiger charge is -2.15. The largest absolute Gasteiger partial charge is 0.449 e. The first kappa shape index (κ1) is 22.8. The van der Waals surface area contributed by atoms with Gasteiger partial charge < -0.3 is 10.1 Å². The maximum atomic E-state index is 12.8. The van der Waals surface area contributed by atoms with Crippen molar-refractivity contribution in [2.45, 2.75) is 29.7 Å². The molecule has 0 heterocycles. The Balaban J connectivity index is 1.69. The van der Waals surface area contributed by atoms with Crippen LogP contribution in [0.1, 0.15) is 40.1 Å². The molecule has 3 aromatic carbocycles. The summed E-state index contributed by atoms with van der Waals surface area (Å²) in [5.74, 6) is -1.20. The molecule has 0 radical (unpaired) electrons. The van der Waals surface area contributed by atoms with Crippen LogP contribution in [0, 0.1) is 11.3 Å². The number of anilines is 1. The Labute approximate surface area is 190 Å². The van der Waals surface area contributed by atoms with Crippen LogP contribution in [0.3, 0.4) is 0 Å². The fourth-order valence-corrected chi connectivity index (χ4v) is 3.82. The van der Waals surface area contributed by atoms with Gasteiger partial charge in [-0.25, -0.2) is 4.79 Å². The van der Waals surface area contributed by atoms with Crippen molar-refractivity contribution in [1.82, 2.24) is 0 Å². The van der Waals surface area contributed by atoms with Crippen molar-refractivity contribution in [3.63, 3.8) is 0 Å². The molecule has 1 atom stereocenters. The molecule has 0 aromatic heterocycles. The highest BCUT2D eigenvalue weighted by atomic mass is 32.2. The van der Waals surface area contributed by atoms with E-state index in [1.807, 2.05) is 6.07 Å². The summed E-state index contributed by atoms with van der Waals surface area (Å²) in [6, 6.07) is 22.6. The van der Waals surface area contributed by atoms with E-state index in [1.54, 1.807) is 66.7 Å². The number of ketones is 1. The molecule has 7 heteroatoms. The van der Waals surface area contributed by atoms with Crippen LogP contribution in [0.5, 0.6) is 0 Å². The molecule has 3 aromatic rings. The first-order valence-electron chi connectivity index (χ1n) is 9.78. The molecule has 3 rings (SSSR count).